The molecule has 2 rings (SSSR count). The van der Waals surface area contributed by atoms with Crippen molar-refractivity contribution in [3.63, 3.8) is 0 Å². The molecule has 0 radical (unpaired) electrons. The van der Waals surface area contributed by atoms with Gasteiger partial charge in [-0.05, 0) is 30.4 Å². The van der Waals surface area contributed by atoms with Crippen LogP contribution in [0.2, 0.25) is 0 Å². The molecule has 0 aromatic heterocycles. The van der Waals surface area contributed by atoms with E-state index >= 15 is 0 Å². The summed E-state index contributed by atoms with van der Waals surface area (Å²) in [6.45, 7) is 4.39. The van der Waals surface area contributed by atoms with Gasteiger partial charge in [0.2, 0.25) is 10.0 Å². The topological polar surface area (TPSA) is 46.2 Å². The Labute approximate surface area is 108 Å². The third-order valence-corrected chi connectivity index (χ3v) is 4.45. The van der Waals surface area contributed by atoms with E-state index in [4.69, 9.17) is 0 Å². The van der Waals surface area contributed by atoms with Crippen LogP contribution in [0.25, 0.3) is 10.8 Å². The first-order valence-corrected chi connectivity index (χ1v) is 7.52. The molecule has 2 aromatic carbocycles. The second-order valence-corrected chi connectivity index (χ2v) is 6.06. The summed E-state index contributed by atoms with van der Waals surface area (Å²) < 4.78 is 27.0. The van der Waals surface area contributed by atoms with E-state index in [2.05, 4.69) is 4.72 Å². The van der Waals surface area contributed by atoms with Gasteiger partial charge in [0, 0.05) is 11.9 Å². The average Bonchev–Trinajstić information content (AvgIpc) is 2.36. The number of hydrogen-bond acceptors (Lipinski definition) is 2. The molecule has 0 bridgehead atoms. The Balaban J connectivity index is 2.62. The van der Waals surface area contributed by atoms with Gasteiger partial charge < -0.3 is 0 Å². The first-order valence-electron chi connectivity index (χ1n) is 6.04. The lowest BCUT2D eigenvalue weighted by Gasteiger charge is -2.10. The monoisotopic (exact) mass is 263 g/mol. The summed E-state index contributed by atoms with van der Waals surface area (Å²) in [5.74, 6) is 0. The lowest BCUT2D eigenvalue weighted by atomic mass is 10.1. The molecule has 1 N–H and O–H groups in total. The SMILES string of the molecule is CCCNS(=O)(=O)c1cccc2c(C)cccc12. The van der Waals surface area contributed by atoms with E-state index in [9.17, 15) is 8.42 Å². The van der Waals surface area contributed by atoms with E-state index in [1.54, 1.807) is 12.1 Å². The molecule has 0 aliphatic rings. The third-order valence-electron chi connectivity index (χ3n) is 2.93. The molecule has 0 spiro atoms. The number of benzene rings is 2. The van der Waals surface area contributed by atoms with Gasteiger partial charge in [-0.25, -0.2) is 13.1 Å². The quantitative estimate of drug-likeness (QED) is 0.922. The van der Waals surface area contributed by atoms with Gasteiger partial charge in [0.1, 0.15) is 0 Å². The second kappa shape index (κ2) is 5.08. The minimum Gasteiger partial charge on any atom is -0.211 e. The van der Waals surface area contributed by atoms with Crippen molar-refractivity contribution in [3.8, 4) is 0 Å². The minimum absolute atomic E-state index is 0.358. The zero-order valence-electron chi connectivity index (χ0n) is 10.6. The molecular weight excluding hydrogens is 246 g/mol. The van der Waals surface area contributed by atoms with Crippen molar-refractivity contribution in [2.24, 2.45) is 0 Å². The summed E-state index contributed by atoms with van der Waals surface area (Å²) in [4.78, 5) is 0.358. The maximum atomic E-state index is 12.2. The van der Waals surface area contributed by atoms with Crippen molar-refractivity contribution in [2.75, 3.05) is 6.54 Å². The molecule has 0 saturated heterocycles. The van der Waals surface area contributed by atoms with Gasteiger partial charge in [0.15, 0.2) is 0 Å². The van der Waals surface area contributed by atoms with Gasteiger partial charge in [0.05, 0.1) is 4.90 Å². The van der Waals surface area contributed by atoms with Crippen LogP contribution >= 0.6 is 0 Å². The largest absolute Gasteiger partial charge is 0.241 e. The molecule has 3 nitrogen and oxygen atoms in total. The van der Waals surface area contributed by atoms with Crippen molar-refractivity contribution in [1.29, 1.82) is 0 Å². The van der Waals surface area contributed by atoms with Crippen molar-refractivity contribution >= 4 is 20.8 Å². The van der Waals surface area contributed by atoms with Crippen LogP contribution in [-0.2, 0) is 10.0 Å². The van der Waals surface area contributed by atoms with E-state index in [0.29, 0.717) is 11.4 Å². The summed E-state index contributed by atoms with van der Waals surface area (Å²) in [7, 11) is -3.42. The Kier molecular flexibility index (Phi) is 3.68. The van der Waals surface area contributed by atoms with E-state index < -0.39 is 10.0 Å². The molecule has 4 heteroatoms. The highest BCUT2D eigenvalue weighted by atomic mass is 32.2. The molecule has 0 aliphatic carbocycles. The highest BCUT2D eigenvalue weighted by Crippen LogP contribution is 2.25. The van der Waals surface area contributed by atoms with Crippen molar-refractivity contribution in [2.45, 2.75) is 25.2 Å². The van der Waals surface area contributed by atoms with Gasteiger partial charge in [-0.15, -0.1) is 0 Å². The molecule has 18 heavy (non-hydrogen) atoms. The molecular formula is C14H17NO2S. The van der Waals surface area contributed by atoms with Crippen LogP contribution in [0, 0.1) is 6.92 Å². The lowest BCUT2D eigenvalue weighted by Crippen LogP contribution is -2.24. The molecule has 0 unspecified atom stereocenters. The summed E-state index contributed by atoms with van der Waals surface area (Å²) in [5, 5.41) is 1.76. The van der Waals surface area contributed by atoms with Crippen LogP contribution in [-0.4, -0.2) is 15.0 Å². The Morgan fingerprint density at radius 2 is 1.72 bits per heavy atom. The Bertz CT molecular complexity index is 663. The summed E-state index contributed by atoms with van der Waals surface area (Å²) in [6.07, 6.45) is 0.781. The van der Waals surface area contributed by atoms with Crippen molar-refractivity contribution < 1.29 is 8.42 Å². The van der Waals surface area contributed by atoms with Crippen LogP contribution < -0.4 is 4.72 Å². The van der Waals surface area contributed by atoms with Gasteiger partial charge in [-0.1, -0.05) is 37.3 Å². The number of aryl methyl sites for hydroxylation is 1. The molecule has 0 saturated carbocycles. The fourth-order valence-electron chi connectivity index (χ4n) is 1.99. The predicted octanol–water partition coefficient (Wildman–Crippen LogP) is 2.84. The van der Waals surface area contributed by atoms with Gasteiger partial charge in [0.25, 0.3) is 0 Å². The Morgan fingerprint density at radius 1 is 1.06 bits per heavy atom. The standard InChI is InChI=1S/C14H17NO2S/c1-3-10-15-18(16,17)14-9-5-7-12-11(2)6-4-8-13(12)14/h4-9,15H,3,10H2,1-2H3. The van der Waals surface area contributed by atoms with Crippen LogP contribution in [0.1, 0.15) is 18.9 Å². The fourth-order valence-corrected chi connectivity index (χ4v) is 3.34. The maximum absolute atomic E-state index is 12.2. The fraction of sp³-hybridized carbons (Fsp3) is 0.286. The molecule has 0 aliphatic heterocycles. The predicted molar refractivity (Wildman–Crippen MR) is 74.2 cm³/mol. The second-order valence-electron chi connectivity index (χ2n) is 4.32. The highest BCUT2D eigenvalue weighted by Gasteiger charge is 2.16. The van der Waals surface area contributed by atoms with E-state index in [1.807, 2.05) is 38.1 Å². The van der Waals surface area contributed by atoms with E-state index in [1.165, 1.54) is 0 Å². The van der Waals surface area contributed by atoms with Crippen LogP contribution in [0.5, 0.6) is 0 Å². The first kappa shape index (κ1) is 13.1. The number of rotatable bonds is 4. The maximum Gasteiger partial charge on any atom is 0.241 e. The van der Waals surface area contributed by atoms with Crippen molar-refractivity contribution in [1.82, 2.24) is 4.72 Å². The molecule has 0 heterocycles. The molecule has 0 atom stereocenters. The summed E-state index contributed by atoms with van der Waals surface area (Å²) in [5.41, 5.74) is 1.08. The third kappa shape index (κ3) is 2.40. The normalized spacial score (nSPS) is 11.9. The van der Waals surface area contributed by atoms with Gasteiger partial charge in [-0.3, -0.25) is 0 Å². The highest BCUT2D eigenvalue weighted by molar-refractivity contribution is 7.89. The Morgan fingerprint density at radius 3 is 2.44 bits per heavy atom. The summed E-state index contributed by atoms with van der Waals surface area (Å²) >= 11 is 0. The first-order chi connectivity index (χ1) is 8.56. The average molecular weight is 263 g/mol. The zero-order chi connectivity index (χ0) is 13.2. The van der Waals surface area contributed by atoms with Crippen LogP contribution in [0.4, 0.5) is 0 Å². The van der Waals surface area contributed by atoms with E-state index in [-0.39, 0.29) is 0 Å². The smallest absolute Gasteiger partial charge is 0.211 e. The van der Waals surface area contributed by atoms with Gasteiger partial charge in [-0.2, -0.15) is 0 Å². The lowest BCUT2D eigenvalue weighted by molar-refractivity contribution is 0.581. The molecule has 0 fully saturated rings. The van der Waals surface area contributed by atoms with Crippen LogP contribution in [0.3, 0.4) is 0 Å². The number of sulfonamides is 1. The zero-order valence-corrected chi connectivity index (χ0v) is 11.4. The number of fused-ring (bicyclic) bond motifs is 1. The number of nitrogens with one attached hydrogen (secondary N) is 1. The van der Waals surface area contributed by atoms with E-state index in [0.717, 1.165) is 22.8 Å². The summed E-state index contributed by atoms with van der Waals surface area (Å²) in [6, 6.07) is 11.1. The molecule has 96 valence electrons. The minimum atomic E-state index is -3.42. The number of hydrogen-bond donors (Lipinski definition) is 1. The Hall–Kier alpha value is -1.39. The molecule has 2 aromatic rings. The van der Waals surface area contributed by atoms with Crippen molar-refractivity contribution in [3.05, 3.63) is 42.0 Å². The van der Waals surface area contributed by atoms with Crippen LogP contribution in [0.15, 0.2) is 41.3 Å². The molecule has 0 amide bonds. The van der Waals surface area contributed by atoms with Gasteiger partial charge >= 0.3 is 0 Å².